The van der Waals surface area contributed by atoms with Crippen LogP contribution in [0.5, 0.6) is 0 Å². The van der Waals surface area contributed by atoms with Crippen LogP contribution in [0.15, 0.2) is 18.2 Å². The molecule has 0 radical (unpaired) electrons. The van der Waals surface area contributed by atoms with E-state index in [-0.39, 0.29) is 23.9 Å². The monoisotopic (exact) mass is 254 g/mol. The molecule has 0 aliphatic rings. The summed E-state index contributed by atoms with van der Waals surface area (Å²) >= 11 is 0. The Morgan fingerprint density at radius 2 is 2.11 bits per heavy atom. The molecule has 0 heterocycles. The molecule has 18 heavy (non-hydrogen) atoms. The smallest absolute Gasteiger partial charge is 0.240 e. The average Bonchev–Trinajstić information content (AvgIpc) is 2.30. The summed E-state index contributed by atoms with van der Waals surface area (Å²) in [5.74, 6) is -0.811. The normalized spacial score (nSPS) is 12.3. The van der Waals surface area contributed by atoms with Crippen molar-refractivity contribution < 1.29 is 14.3 Å². The average molecular weight is 254 g/mol. The zero-order valence-electron chi connectivity index (χ0n) is 10.8. The Kier molecular flexibility index (Phi) is 5.09. The second-order valence-electron chi connectivity index (χ2n) is 4.67. The van der Waals surface area contributed by atoms with E-state index in [4.69, 9.17) is 0 Å². The van der Waals surface area contributed by atoms with Crippen LogP contribution < -0.4 is 10.9 Å². The van der Waals surface area contributed by atoms with Gasteiger partial charge >= 0.3 is 0 Å². The van der Waals surface area contributed by atoms with Gasteiger partial charge in [0.15, 0.2) is 0 Å². The molecule has 1 rings (SSSR count). The number of hydrazine groups is 1. The minimum atomic E-state index is -0.700. The summed E-state index contributed by atoms with van der Waals surface area (Å²) in [4.78, 5) is 11.5. The molecule has 1 aromatic carbocycles. The molecular weight excluding hydrogens is 235 g/mol. The highest BCUT2D eigenvalue weighted by Crippen LogP contribution is 2.14. The van der Waals surface area contributed by atoms with Gasteiger partial charge in [-0.05, 0) is 30.5 Å². The van der Waals surface area contributed by atoms with Crippen LogP contribution in [0.4, 0.5) is 10.1 Å². The highest BCUT2D eigenvalue weighted by atomic mass is 19.1. The third kappa shape index (κ3) is 4.33. The third-order valence-corrected chi connectivity index (χ3v) is 2.62. The number of carbonyl (C=O) groups is 1. The van der Waals surface area contributed by atoms with Gasteiger partial charge in [0.2, 0.25) is 5.91 Å². The van der Waals surface area contributed by atoms with Crippen LogP contribution in [0.3, 0.4) is 0 Å². The van der Waals surface area contributed by atoms with Gasteiger partial charge in [0.25, 0.3) is 0 Å². The molecule has 0 fully saturated rings. The zero-order valence-corrected chi connectivity index (χ0v) is 10.8. The molecule has 1 atom stereocenters. The summed E-state index contributed by atoms with van der Waals surface area (Å²) in [5.41, 5.74) is 5.97. The summed E-state index contributed by atoms with van der Waals surface area (Å²) in [6.07, 6.45) is -0.716. The first-order chi connectivity index (χ1) is 8.40. The maximum atomic E-state index is 13.3. The van der Waals surface area contributed by atoms with Gasteiger partial charge in [-0.1, -0.05) is 19.9 Å². The van der Waals surface area contributed by atoms with Crippen molar-refractivity contribution in [2.45, 2.75) is 33.3 Å². The SMILES string of the molecule is Cc1ccc(F)c(NNC(=O)CC(O)C(C)C)c1. The predicted octanol–water partition coefficient (Wildman–Crippen LogP) is 1.98. The van der Waals surface area contributed by atoms with Crippen LogP contribution in [-0.4, -0.2) is 17.1 Å². The third-order valence-electron chi connectivity index (χ3n) is 2.62. The van der Waals surface area contributed by atoms with Crippen LogP contribution in [0.25, 0.3) is 0 Å². The topological polar surface area (TPSA) is 61.4 Å². The fourth-order valence-electron chi connectivity index (χ4n) is 1.35. The molecule has 3 N–H and O–H groups in total. The number of halogens is 1. The lowest BCUT2D eigenvalue weighted by atomic mass is 10.0. The minimum Gasteiger partial charge on any atom is -0.392 e. The number of benzene rings is 1. The van der Waals surface area contributed by atoms with E-state index >= 15 is 0 Å². The molecule has 0 bridgehead atoms. The molecule has 1 aromatic rings. The number of nitrogens with one attached hydrogen (secondary N) is 2. The first-order valence-electron chi connectivity index (χ1n) is 5.89. The van der Waals surface area contributed by atoms with Crippen LogP contribution in [0.2, 0.25) is 0 Å². The van der Waals surface area contributed by atoms with Crippen molar-refractivity contribution in [3.63, 3.8) is 0 Å². The van der Waals surface area contributed by atoms with E-state index in [2.05, 4.69) is 10.9 Å². The zero-order chi connectivity index (χ0) is 13.7. The standard InChI is InChI=1S/C13H19FN2O2/c1-8(2)12(17)7-13(18)16-15-11-6-9(3)4-5-10(11)14/h4-6,8,12,15,17H,7H2,1-3H3,(H,16,18). The highest BCUT2D eigenvalue weighted by Gasteiger charge is 2.14. The molecule has 4 nitrogen and oxygen atoms in total. The van der Waals surface area contributed by atoms with Gasteiger partial charge < -0.3 is 5.11 Å². The lowest BCUT2D eigenvalue weighted by molar-refractivity contribution is -0.123. The number of anilines is 1. The molecule has 0 spiro atoms. The number of carbonyl (C=O) groups excluding carboxylic acids is 1. The van der Waals surface area contributed by atoms with E-state index in [0.717, 1.165) is 5.56 Å². The molecular formula is C13H19FN2O2. The maximum Gasteiger partial charge on any atom is 0.240 e. The Bertz CT molecular complexity index is 421. The molecule has 1 unspecified atom stereocenters. The fraction of sp³-hybridized carbons (Fsp3) is 0.462. The lowest BCUT2D eigenvalue weighted by Crippen LogP contribution is -2.33. The van der Waals surface area contributed by atoms with Crippen LogP contribution in [0.1, 0.15) is 25.8 Å². The molecule has 0 aliphatic heterocycles. The number of hydrogen-bond acceptors (Lipinski definition) is 3. The van der Waals surface area contributed by atoms with Crippen LogP contribution in [-0.2, 0) is 4.79 Å². The summed E-state index contributed by atoms with van der Waals surface area (Å²) in [6, 6.07) is 4.56. The largest absolute Gasteiger partial charge is 0.392 e. The Morgan fingerprint density at radius 1 is 1.44 bits per heavy atom. The van der Waals surface area contributed by atoms with Gasteiger partial charge in [-0.25, -0.2) is 4.39 Å². The van der Waals surface area contributed by atoms with Gasteiger partial charge in [-0.15, -0.1) is 0 Å². The first-order valence-corrected chi connectivity index (χ1v) is 5.89. The summed E-state index contributed by atoms with van der Waals surface area (Å²) in [7, 11) is 0. The van der Waals surface area contributed by atoms with Gasteiger partial charge in [0, 0.05) is 0 Å². The quantitative estimate of drug-likeness (QED) is 0.704. The van der Waals surface area contributed by atoms with Crippen molar-refractivity contribution in [2.75, 3.05) is 5.43 Å². The molecule has 0 aliphatic carbocycles. The number of rotatable bonds is 5. The van der Waals surface area contributed by atoms with Crippen molar-refractivity contribution >= 4 is 11.6 Å². The first kappa shape index (κ1) is 14.4. The van der Waals surface area contributed by atoms with E-state index in [0.29, 0.717) is 0 Å². The minimum absolute atomic E-state index is 0.00598. The van der Waals surface area contributed by atoms with Gasteiger partial charge in [0.05, 0.1) is 18.2 Å². The molecule has 1 amide bonds. The number of aliphatic hydroxyl groups is 1. The maximum absolute atomic E-state index is 13.3. The van der Waals surface area contributed by atoms with Crippen molar-refractivity contribution in [1.82, 2.24) is 5.43 Å². The Balaban J connectivity index is 2.50. The number of aliphatic hydroxyl groups excluding tert-OH is 1. The van der Waals surface area contributed by atoms with E-state index < -0.39 is 11.9 Å². The predicted molar refractivity (Wildman–Crippen MR) is 68.4 cm³/mol. The van der Waals surface area contributed by atoms with Gasteiger partial charge in [0.1, 0.15) is 5.82 Å². The molecule has 100 valence electrons. The van der Waals surface area contributed by atoms with E-state index in [9.17, 15) is 14.3 Å². The molecule has 0 saturated carbocycles. The number of hydrogen-bond donors (Lipinski definition) is 3. The number of amides is 1. The molecule has 0 saturated heterocycles. The fourth-order valence-corrected chi connectivity index (χ4v) is 1.35. The second kappa shape index (κ2) is 6.35. The van der Waals surface area contributed by atoms with Crippen molar-refractivity contribution in [1.29, 1.82) is 0 Å². The van der Waals surface area contributed by atoms with E-state index in [1.54, 1.807) is 12.1 Å². The second-order valence-corrected chi connectivity index (χ2v) is 4.67. The summed E-state index contributed by atoms with van der Waals surface area (Å²) in [6.45, 7) is 5.48. The molecule has 5 heteroatoms. The molecule has 0 aromatic heterocycles. The van der Waals surface area contributed by atoms with Crippen molar-refractivity contribution in [2.24, 2.45) is 5.92 Å². The Hall–Kier alpha value is -1.62. The van der Waals surface area contributed by atoms with Gasteiger partial charge in [-0.2, -0.15) is 0 Å². The summed E-state index contributed by atoms with van der Waals surface area (Å²) in [5, 5.41) is 9.53. The van der Waals surface area contributed by atoms with Gasteiger partial charge in [-0.3, -0.25) is 15.6 Å². The lowest BCUT2D eigenvalue weighted by Gasteiger charge is -2.15. The Morgan fingerprint density at radius 3 is 2.72 bits per heavy atom. The Labute approximate surface area is 106 Å². The van der Waals surface area contributed by atoms with E-state index in [1.165, 1.54) is 6.07 Å². The van der Waals surface area contributed by atoms with Crippen molar-refractivity contribution in [3.8, 4) is 0 Å². The highest BCUT2D eigenvalue weighted by molar-refractivity contribution is 5.77. The van der Waals surface area contributed by atoms with E-state index in [1.807, 2.05) is 20.8 Å². The number of aryl methyl sites for hydroxylation is 1. The van der Waals surface area contributed by atoms with Crippen molar-refractivity contribution in [3.05, 3.63) is 29.6 Å². The van der Waals surface area contributed by atoms with Crippen LogP contribution in [0, 0.1) is 18.7 Å². The van der Waals surface area contributed by atoms with Crippen LogP contribution >= 0.6 is 0 Å². The summed E-state index contributed by atoms with van der Waals surface area (Å²) < 4.78 is 13.3.